The van der Waals surface area contributed by atoms with E-state index >= 15 is 0 Å². The summed E-state index contributed by atoms with van der Waals surface area (Å²) in [6.45, 7) is 1.36. The Morgan fingerprint density at radius 1 is 1.25 bits per heavy atom. The number of carbonyl (C=O) groups excluding carboxylic acids is 2. The van der Waals surface area contributed by atoms with Crippen molar-refractivity contribution < 1.29 is 23.5 Å². The molecule has 0 aliphatic heterocycles. The van der Waals surface area contributed by atoms with Crippen molar-refractivity contribution >= 4 is 29.1 Å². The summed E-state index contributed by atoms with van der Waals surface area (Å²) in [5, 5.41) is 0. The Labute approximate surface area is 182 Å². The predicted molar refractivity (Wildman–Crippen MR) is 116 cm³/mol. The van der Waals surface area contributed by atoms with Crippen LogP contribution in [0.5, 0.6) is 0 Å². The van der Waals surface area contributed by atoms with E-state index in [2.05, 4.69) is 4.98 Å². The normalized spacial score (nSPS) is 10.7. The summed E-state index contributed by atoms with van der Waals surface area (Å²) >= 11 is 0. The van der Waals surface area contributed by atoms with Gasteiger partial charge in [-0.05, 0) is 24.6 Å². The molecule has 174 valence electrons. The molecule has 1 aromatic heterocycles. The summed E-state index contributed by atoms with van der Waals surface area (Å²) in [5.41, 5.74) is 9.60. The summed E-state index contributed by atoms with van der Waals surface area (Å²) in [6.07, 6.45) is 1.40. The van der Waals surface area contributed by atoms with Crippen LogP contribution in [0.25, 0.3) is 0 Å². The first-order valence-corrected chi connectivity index (χ1v) is 9.85. The van der Waals surface area contributed by atoms with Crippen LogP contribution in [0.4, 0.5) is 21.6 Å². The van der Waals surface area contributed by atoms with Gasteiger partial charge in [-0.1, -0.05) is 13.3 Å². The highest BCUT2D eigenvalue weighted by Gasteiger charge is 2.25. The molecule has 0 radical (unpaired) electrons. The third kappa shape index (κ3) is 5.72. The number of carbonyl (C=O) groups is 2. The van der Waals surface area contributed by atoms with Gasteiger partial charge in [0.15, 0.2) is 12.3 Å². The number of nitrogens with zero attached hydrogens (tertiary/aromatic N) is 2. The molecule has 0 saturated carbocycles. The maximum atomic E-state index is 13.2. The summed E-state index contributed by atoms with van der Waals surface area (Å²) in [5.74, 6) is -2.55. The number of nitrogens with two attached hydrogens (primary N) is 2. The molecule has 0 fully saturated rings. The number of nitrogen functional groups attached to an aromatic ring is 2. The molecule has 2 aromatic rings. The maximum Gasteiger partial charge on any atom is 0.340 e. The summed E-state index contributed by atoms with van der Waals surface area (Å²) in [7, 11) is 1.40. The summed E-state index contributed by atoms with van der Waals surface area (Å²) in [6, 6.07) is 3.11. The second-order valence-corrected chi connectivity index (χ2v) is 6.84. The molecule has 2 rings (SSSR count). The number of aromatic nitrogens is 2. The number of rotatable bonds is 10. The SMILES string of the molecule is CCCCn1c(N)c(N(CCOC)C(=O)COC(=O)c2ccc(F)cc2N)c(=O)[nH]c1=O. The molecule has 0 aliphatic rings. The fourth-order valence-corrected chi connectivity index (χ4v) is 2.92. The number of benzene rings is 1. The van der Waals surface area contributed by atoms with E-state index in [0.29, 0.717) is 6.42 Å². The number of hydrogen-bond acceptors (Lipinski definition) is 8. The molecule has 1 amide bonds. The van der Waals surface area contributed by atoms with Gasteiger partial charge in [0.1, 0.15) is 11.6 Å². The number of esters is 1. The van der Waals surface area contributed by atoms with Gasteiger partial charge in [-0.25, -0.2) is 14.0 Å². The molecule has 0 atom stereocenters. The molecule has 0 bridgehead atoms. The third-order valence-corrected chi connectivity index (χ3v) is 4.60. The topological polar surface area (TPSA) is 163 Å². The first-order valence-electron chi connectivity index (χ1n) is 9.85. The van der Waals surface area contributed by atoms with Crippen LogP contribution >= 0.6 is 0 Å². The van der Waals surface area contributed by atoms with Crippen molar-refractivity contribution in [3.8, 4) is 0 Å². The maximum absolute atomic E-state index is 13.2. The van der Waals surface area contributed by atoms with Crippen LogP contribution in [0.3, 0.4) is 0 Å². The molecule has 0 saturated heterocycles. The first-order chi connectivity index (χ1) is 15.2. The number of ether oxygens (including phenoxy) is 2. The van der Waals surface area contributed by atoms with Crippen LogP contribution in [0, 0.1) is 5.82 Å². The van der Waals surface area contributed by atoms with Crippen LogP contribution in [0.2, 0.25) is 0 Å². The van der Waals surface area contributed by atoms with Gasteiger partial charge in [-0.2, -0.15) is 0 Å². The molecule has 32 heavy (non-hydrogen) atoms. The number of aromatic amines is 1. The van der Waals surface area contributed by atoms with Crippen LogP contribution < -0.4 is 27.6 Å². The van der Waals surface area contributed by atoms with Crippen molar-refractivity contribution in [1.29, 1.82) is 0 Å². The van der Waals surface area contributed by atoms with E-state index in [-0.39, 0.29) is 42.5 Å². The Hall–Kier alpha value is -3.67. The zero-order valence-electron chi connectivity index (χ0n) is 17.9. The number of H-pyrrole nitrogens is 1. The smallest absolute Gasteiger partial charge is 0.340 e. The second-order valence-electron chi connectivity index (χ2n) is 6.84. The van der Waals surface area contributed by atoms with E-state index in [1.165, 1.54) is 11.7 Å². The number of unbranched alkanes of at least 4 members (excludes halogenated alkanes) is 1. The zero-order chi connectivity index (χ0) is 23.8. The van der Waals surface area contributed by atoms with Crippen LogP contribution in [-0.2, 0) is 20.8 Å². The molecular formula is C20H26FN5O6. The van der Waals surface area contributed by atoms with Gasteiger partial charge in [0.2, 0.25) is 0 Å². The molecule has 0 aliphatic carbocycles. The van der Waals surface area contributed by atoms with Crippen molar-refractivity contribution in [3.63, 3.8) is 0 Å². The van der Waals surface area contributed by atoms with E-state index in [1.807, 2.05) is 6.92 Å². The lowest BCUT2D eigenvalue weighted by Gasteiger charge is -2.24. The van der Waals surface area contributed by atoms with Gasteiger partial charge in [-0.15, -0.1) is 0 Å². The van der Waals surface area contributed by atoms with Crippen molar-refractivity contribution in [2.75, 3.05) is 43.2 Å². The highest BCUT2D eigenvalue weighted by molar-refractivity contribution is 6.00. The molecule has 1 aromatic carbocycles. The van der Waals surface area contributed by atoms with E-state index in [9.17, 15) is 23.6 Å². The lowest BCUT2D eigenvalue weighted by atomic mass is 10.2. The number of halogens is 1. The van der Waals surface area contributed by atoms with Crippen LogP contribution in [0.15, 0.2) is 27.8 Å². The Balaban J connectivity index is 2.31. The van der Waals surface area contributed by atoms with Crippen LogP contribution in [0.1, 0.15) is 30.1 Å². The Morgan fingerprint density at radius 3 is 2.59 bits per heavy atom. The monoisotopic (exact) mass is 451 g/mol. The molecular weight excluding hydrogens is 425 g/mol. The number of amides is 1. The van der Waals surface area contributed by atoms with E-state index in [0.717, 1.165) is 29.5 Å². The Morgan fingerprint density at radius 2 is 1.97 bits per heavy atom. The molecule has 11 nitrogen and oxygen atoms in total. The molecule has 0 spiro atoms. The molecule has 0 unspecified atom stereocenters. The summed E-state index contributed by atoms with van der Waals surface area (Å²) in [4.78, 5) is 52.9. The average Bonchev–Trinajstić information content (AvgIpc) is 2.73. The molecule has 5 N–H and O–H groups in total. The Kier molecular flexibility index (Phi) is 8.53. The highest BCUT2D eigenvalue weighted by atomic mass is 19.1. The van der Waals surface area contributed by atoms with Gasteiger partial charge >= 0.3 is 11.7 Å². The number of methoxy groups -OCH3 is 1. The Bertz CT molecular complexity index is 1100. The minimum atomic E-state index is -0.947. The van der Waals surface area contributed by atoms with E-state index in [4.69, 9.17) is 20.9 Å². The summed E-state index contributed by atoms with van der Waals surface area (Å²) < 4.78 is 24.3. The second kappa shape index (κ2) is 11.1. The minimum absolute atomic E-state index is 0.0392. The number of hydrogen-bond donors (Lipinski definition) is 3. The van der Waals surface area contributed by atoms with Crippen molar-refractivity contribution in [2.24, 2.45) is 0 Å². The van der Waals surface area contributed by atoms with Gasteiger partial charge in [0.05, 0.1) is 12.2 Å². The quantitative estimate of drug-likeness (QED) is 0.347. The van der Waals surface area contributed by atoms with Crippen molar-refractivity contribution in [2.45, 2.75) is 26.3 Å². The molecule has 12 heteroatoms. The number of nitrogens with one attached hydrogen (secondary N) is 1. The van der Waals surface area contributed by atoms with E-state index in [1.54, 1.807) is 0 Å². The highest BCUT2D eigenvalue weighted by Crippen LogP contribution is 2.18. The third-order valence-electron chi connectivity index (χ3n) is 4.60. The minimum Gasteiger partial charge on any atom is -0.452 e. The van der Waals surface area contributed by atoms with Gasteiger partial charge in [-0.3, -0.25) is 24.0 Å². The van der Waals surface area contributed by atoms with Gasteiger partial charge < -0.3 is 20.9 Å². The van der Waals surface area contributed by atoms with Gasteiger partial charge in [0.25, 0.3) is 11.5 Å². The lowest BCUT2D eigenvalue weighted by Crippen LogP contribution is -2.44. The van der Waals surface area contributed by atoms with Crippen molar-refractivity contribution in [3.05, 3.63) is 50.4 Å². The average molecular weight is 451 g/mol. The van der Waals surface area contributed by atoms with Gasteiger partial charge in [0, 0.05) is 25.9 Å². The largest absolute Gasteiger partial charge is 0.452 e. The number of anilines is 3. The fourth-order valence-electron chi connectivity index (χ4n) is 2.92. The van der Waals surface area contributed by atoms with Crippen molar-refractivity contribution in [1.82, 2.24) is 9.55 Å². The standard InChI is InChI=1S/C20H26FN5O6/c1-3-4-7-26-17(23)16(18(28)24-20(26)30)25(8-9-31-2)15(27)11-32-19(29)13-6-5-12(21)10-14(13)22/h5-6,10H,3-4,7-9,11,22-23H2,1-2H3,(H,24,28,30). The predicted octanol–water partition coefficient (Wildman–Crippen LogP) is 0.477. The lowest BCUT2D eigenvalue weighted by molar-refractivity contribution is -0.121. The van der Waals surface area contributed by atoms with E-state index < -0.39 is 35.5 Å². The first kappa shape index (κ1) is 24.6. The van der Waals surface area contributed by atoms with Crippen LogP contribution in [-0.4, -0.2) is 48.3 Å². The zero-order valence-corrected chi connectivity index (χ0v) is 17.9. The molecule has 1 heterocycles. The fraction of sp³-hybridized carbons (Fsp3) is 0.400.